The Bertz CT molecular complexity index is 716. The average molecular weight is 354 g/mol. The van der Waals surface area contributed by atoms with Crippen LogP contribution in [-0.4, -0.2) is 17.0 Å². The first-order valence-electron chi connectivity index (χ1n) is 6.57. The second kappa shape index (κ2) is 6.89. The highest BCUT2D eigenvalue weighted by molar-refractivity contribution is 6.39. The molecule has 0 saturated heterocycles. The van der Waals surface area contributed by atoms with Gasteiger partial charge in [-0.15, -0.1) is 0 Å². The molecular formula is C16H13Cl2NO4. The average Bonchev–Trinajstić information content (AvgIpc) is 2.50. The van der Waals surface area contributed by atoms with Gasteiger partial charge in [-0.25, -0.2) is 4.79 Å². The van der Waals surface area contributed by atoms with Crippen molar-refractivity contribution in [2.45, 2.75) is 12.6 Å². The van der Waals surface area contributed by atoms with Gasteiger partial charge in [-0.1, -0.05) is 59.6 Å². The molecule has 0 bridgehead atoms. The van der Waals surface area contributed by atoms with Crippen molar-refractivity contribution in [3.63, 3.8) is 0 Å². The zero-order chi connectivity index (χ0) is 17.0. The minimum Gasteiger partial charge on any atom is -0.477 e. The molecule has 0 fully saturated rings. The summed E-state index contributed by atoms with van der Waals surface area (Å²) in [5.41, 5.74) is -1.77. The molecule has 0 heterocycles. The van der Waals surface area contributed by atoms with Crippen LogP contribution >= 0.6 is 23.2 Å². The minimum absolute atomic E-state index is 0.156. The van der Waals surface area contributed by atoms with Crippen molar-refractivity contribution < 1.29 is 19.4 Å². The van der Waals surface area contributed by atoms with Gasteiger partial charge in [0, 0.05) is 12.5 Å². The van der Waals surface area contributed by atoms with Crippen LogP contribution in [0.4, 0.5) is 5.69 Å². The Labute approximate surface area is 142 Å². The van der Waals surface area contributed by atoms with Gasteiger partial charge in [-0.3, -0.25) is 4.79 Å². The third-order valence-electron chi connectivity index (χ3n) is 3.04. The molecule has 0 aliphatic rings. The maximum Gasteiger partial charge on any atom is 0.375 e. The van der Waals surface area contributed by atoms with E-state index in [1.54, 1.807) is 36.4 Å². The Hall–Kier alpha value is -2.24. The fourth-order valence-corrected chi connectivity index (χ4v) is 2.55. The number of ether oxygens (including phenoxy) is 1. The number of hydrogen-bond acceptors (Lipinski definition) is 4. The van der Waals surface area contributed by atoms with Crippen LogP contribution in [0.25, 0.3) is 0 Å². The van der Waals surface area contributed by atoms with Gasteiger partial charge in [0.25, 0.3) is 0 Å². The number of aliphatic carboxylic acids is 1. The molecule has 7 heteroatoms. The SMILES string of the molecule is CC(=O)OC(Nc1c(Cl)cccc1Cl)(C(=O)O)c1ccccc1. The van der Waals surface area contributed by atoms with Gasteiger partial charge in [0.1, 0.15) is 0 Å². The number of carbonyl (C=O) groups excluding carboxylic acids is 1. The molecule has 0 aliphatic carbocycles. The van der Waals surface area contributed by atoms with E-state index in [2.05, 4.69) is 5.32 Å². The first-order valence-corrected chi connectivity index (χ1v) is 7.33. The Morgan fingerprint density at radius 2 is 1.61 bits per heavy atom. The molecule has 0 aliphatic heterocycles. The highest BCUT2D eigenvalue weighted by atomic mass is 35.5. The molecule has 1 atom stereocenters. The van der Waals surface area contributed by atoms with Crippen LogP contribution in [0.15, 0.2) is 48.5 Å². The maximum absolute atomic E-state index is 12.0. The molecule has 0 amide bonds. The molecule has 23 heavy (non-hydrogen) atoms. The van der Waals surface area contributed by atoms with E-state index in [1.807, 2.05) is 0 Å². The second-order valence-corrected chi connectivity index (χ2v) is 5.48. The van der Waals surface area contributed by atoms with Crippen LogP contribution in [0.3, 0.4) is 0 Å². The number of carboxylic acids is 1. The van der Waals surface area contributed by atoms with E-state index in [0.29, 0.717) is 0 Å². The van der Waals surface area contributed by atoms with Gasteiger partial charge in [0.15, 0.2) is 0 Å². The molecule has 0 radical (unpaired) electrons. The smallest absolute Gasteiger partial charge is 0.375 e. The number of benzene rings is 2. The summed E-state index contributed by atoms with van der Waals surface area (Å²) in [5.74, 6) is -2.18. The number of carboxylic acid groups (broad SMARTS) is 1. The zero-order valence-electron chi connectivity index (χ0n) is 12.0. The first-order chi connectivity index (χ1) is 10.9. The quantitative estimate of drug-likeness (QED) is 0.629. The van der Waals surface area contributed by atoms with Gasteiger partial charge < -0.3 is 15.2 Å². The van der Waals surface area contributed by atoms with E-state index < -0.39 is 17.7 Å². The molecule has 1 unspecified atom stereocenters. The predicted octanol–water partition coefficient (Wildman–Crippen LogP) is 3.91. The monoisotopic (exact) mass is 353 g/mol. The highest BCUT2D eigenvalue weighted by Crippen LogP contribution is 2.36. The molecule has 120 valence electrons. The summed E-state index contributed by atoms with van der Waals surface area (Å²) in [5, 5.41) is 12.8. The number of esters is 1. The van der Waals surface area contributed by atoms with Crippen LogP contribution in [0.5, 0.6) is 0 Å². The summed E-state index contributed by atoms with van der Waals surface area (Å²) >= 11 is 12.2. The van der Waals surface area contributed by atoms with Crippen LogP contribution in [-0.2, 0) is 20.1 Å². The zero-order valence-corrected chi connectivity index (χ0v) is 13.6. The number of nitrogens with one attached hydrogen (secondary N) is 1. The van der Waals surface area contributed by atoms with Crippen LogP contribution in [0, 0.1) is 0 Å². The Morgan fingerprint density at radius 1 is 1.04 bits per heavy atom. The summed E-state index contributed by atoms with van der Waals surface area (Å²) in [7, 11) is 0. The van der Waals surface area contributed by atoms with Crippen molar-refractivity contribution in [3.8, 4) is 0 Å². The van der Waals surface area contributed by atoms with Crippen molar-refractivity contribution in [1.29, 1.82) is 0 Å². The summed E-state index contributed by atoms with van der Waals surface area (Å²) in [6, 6.07) is 12.7. The van der Waals surface area contributed by atoms with Crippen LogP contribution in [0.2, 0.25) is 10.0 Å². The number of hydrogen-bond donors (Lipinski definition) is 2. The van der Waals surface area contributed by atoms with E-state index in [-0.39, 0.29) is 21.3 Å². The Kier molecular flexibility index (Phi) is 5.13. The van der Waals surface area contributed by atoms with Crippen molar-refractivity contribution in [3.05, 3.63) is 64.1 Å². The molecule has 0 aromatic heterocycles. The van der Waals surface area contributed by atoms with Crippen molar-refractivity contribution in [1.82, 2.24) is 0 Å². The molecule has 0 spiro atoms. The van der Waals surface area contributed by atoms with Gasteiger partial charge in [0.05, 0.1) is 15.7 Å². The topological polar surface area (TPSA) is 75.6 Å². The van der Waals surface area contributed by atoms with E-state index in [4.69, 9.17) is 27.9 Å². The molecule has 2 N–H and O–H groups in total. The van der Waals surface area contributed by atoms with E-state index >= 15 is 0 Å². The lowest BCUT2D eigenvalue weighted by atomic mass is 10.0. The molecule has 2 rings (SSSR count). The predicted molar refractivity (Wildman–Crippen MR) is 87.6 cm³/mol. The third kappa shape index (κ3) is 3.57. The summed E-state index contributed by atoms with van der Waals surface area (Å²) in [6.07, 6.45) is 0. The largest absolute Gasteiger partial charge is 0.477 e. The fraction of sp³-hybridized carbons (Fsp3) is 0.125. The third-order valence-corrected chi connectivity index (χ3v) is 3.67. The molecule has 5 nitrogen and oxygen atoms in total. The van der Waals surface area contributed by atoms with E-state index in [9.17, 15) is 14.7 Å². The lowest BCUT2D eigenvalue weighted by Crippen LogP contribution is -2.47. The normalized spacial score (nSPS) is 13.0. The summed E-state index contributed by atoms with van der Waals surface area (Å²) in [6.45, 7) is 1.12. The summed E-state index contributed by atoms with van der Waals surface area (Å²) < 4.78 is 5.13. The van der Waals surface area contributed by atoms with Crippen molar-refractivity contribution in [2.24, 2.45) is 0 Å². The van der Waals surface area contributed by atoms with Gasteiger partial charge in [-0.2, -0.15) is 0 Å². The first kappa shape index (κ1) is 17.1. The van der Waals surface area contributed by atoms with Crippen LogP contribution < -0.4 is 5.32 Å². The molecule has 0 saturated carbocycles. The number of halogens is 2. The Balaban J connectivity index is 2.62. The number of rotatable bonds is 5. The number of anilines is 1. The van der Waals surface area contributed by atoms with Crippen molar-refractivity contribution >= 4 is 40.8 Å². The van der Waals surface area contributed by atoms with Crippen LogP contribution in [0.1, 0.15) is 12.5 Å². The molecular weight excluding hydrogens is 341 g/mol. The number of para-hydroxylation sites is 1. The summed E-state index contributed by atoms with van der Waals surface area (Å²) in [4.78, 5) is 23.5. The van der Waals surface area contributed by atoms with E-state index in [0.717, 1.165) is 6.92 Å². The second-order valence-electron chi connectivity index (χ2n) is 4.67. The lowest BCUT2D eigenvalue weighted by Gasteiger charge is -2.31. The highest BCUT2D eigenvalue weighted by Gasteiger charge is 2.45. The van der Waals surface area contributed by atoms with Gasteiger partial charge >= 0.3 is 17.7 Å². The maximum atomic E-state index is 12.0. The lowest BCUT2D eigenvalue weighted by molar-refractivity contribution is -0.175. The Morgan fingerprint density at radius 3 is 2.09 bits per heavy atom. The minimum atomic E-state index is -2.15. The standard InChI is InChI=1S/C16H13Cl2NO4/c1-10(20)23-16(15(21)22,11-6-3-2-4-7-11)19-14-12(17)8-5-9-13(14)18/h2-9,19H,1H3,(H,21,22). The van der Waals surface area contributed by atoms with Crippen molar-refractivity contribution in [2.75, 3.05) is 5.32 Å². The fourth-order valence-electron chi connectivity index (χ4n) is 2.06. The van der Waals surface area contributed by atoms with E-state index in [1.165, 1.54) is 12.1 Å². The number of carbonyl (C=O) groups is 2. The molecule has 2 aromatic rings. The van der Waals surface area contributed by atoms with Gasteiger partial charge in [-0.05, 0) is 12.1 Å². The molecule has 2 aromatic carbocycles. The van der Waals surface area contributed by atoms with Gasteiger partial charge in [0.2, 0.25) is 0 Å².